The van der Waals surface area contributed by atoms with Crippen LogP contribution in [0.25, 0.3) is 0 Å². The SMILES string of the molecule is O=NNC(=O)CCN1C(=O)C=CC1=O. The van der Waals surface area contributed by atoms with E-state index in [4.69, 9.17) is 0 Å². The molecule has 0 aromatic rings. The van der Waals surface area contributed by atoms with E-state index in [0.29, 0.717) is 0 Å². The standard InChI is InChI=1S/C7H7N3O4/c11-5(8-9-14)3-4-10-6(12)1-2-7(10)13/h1-2H,3-4H2,(H,8,11,14). The van der Waals surface area contributed by atoms with Gasteiger partial charge in [0.1, 0.15) is 0 Å². The minimum absolute atomic E-state index is 0.0496. The van der Waals surface area contributed by atoms with Gasteiger partial charge in [0.05, 0.1) is 5.29 Å². The number of carbonyl (C=O) groups is 3. The van der Waals surface area contributed by atoms with Gasteiger partial charge >= 0.3 is 0 Å². The highest BCUT2D eigenvalue weighted by atomic mass is 16.3. The van der Waals surface area contributed by atoms with Crippen molar-refractivity contribution < 1.29 is 14.4 Å². The molecule has 0 aromatic heterocycles. The van der Waals surface area contributed by atoms with Gasteiger partial charge < -0.3 is 0 Å². The van der Waals surface area contributed by atoms with Crippen LogP contribution in [0.4, 0.5) is 0 Å². The molecule has 1 aliphatic heterocycles. The van der Waals surface area contributed by atoms with E-state index in [1.807, 2.05) is 0 Å². The summed E-state index contributed by atoms with van der Waals surface area (Å²) in [5.41, 5.74) is 1.66. The van der Waals surface area contributed by atoms with Gasteiger partial charge in [-0.05, 0) is 0 Å². The molecule has 1 N–H and O–H groups in total. The highest BCUT2D eigenvalue weighted by Crippen LogP contribution is 2.03. The summed E-state index contributed by atoms with van der Waals surface area (Å²) in [4.78, 5) is 43.2. The maximum Gasteiger partial charge on any atom is 0.253 e. The molecule has 1 rings (SSSR count). The molecule has 1 heterocycles. The van der Waals surface area contributed by atoms with Crippen LogP contribution in [0.2, 0.25) is 0 Å². The molecule has 0 aliphatic carbocycles. The maximum absolute atomic E-state index is 11.0. The Morgan fingerprint density at radius 1 is 1.36 bits per heavy atom. The summed E-state index contributed by atoms with van der Waals surface area (Å²) >= 11 is 0. The number of hydrogen-bond acceptors (Lipinski definition) is 5. The molecule has 74 valence electrons. The van der Waals surface area contributed by atoms with Crippen molar-refractivity contribution in [3.8, 4) is 0 Å². The first-order chi connectivity index (χ1) is 6.65. The fourth-order valence-electron chi connectivity index (χ4n) is 0.972. The van der Waals surface area contributed by atoms with E-state index in [-0.39, 0.29) is 13.0 Å². The van der Waals surface area contributed by atoms with Gasteiger partial charge in [0.2, 0.25) is 5.91 Å². The molecule has 7 heteroatoms. The van der Waals surface area contributed by atoms with Gasteiger partial charge in [0.25, 0.3) is 11.8 Å². The fourth-order valence-corrected chi connectivity index (χ4v) is 0.972. The molecule has 0 atom stereocenters. The zero-order valence-electron chi connectivity index (χ0n) is 7.10. The zero-order chi connectivity index (χ0) is 10.6. The Hall–Kier alpha value is -2.05. The summed E-state index contributed by atoms with van der Waals surface area (Å²) < 4.78 is 0. The van der Waals surface area contributed by atoms with Crippen LogP contribution in [0.15, 0.2) is 17.4 Å². The molecule has 0 saturated heterocycles. The summed E-state index contributed by atoms with van der Waals surface area (Å²) in [7, 11) is 0. The minimum atomic E-state index is -0.632. The number of carbonyl (C=O) groups excluding carboxylic acids is 3. The molecule has 0 radical (unpaired) electrons. The summed E-state index contributed by atoms with van der Waals surface area (Å²) in [5.74, 6) is -1.55. The topological polar surface area (TPSA) is 95.9 Å². The Kier molecular flexibility index (Phi) is 3.05. The quantitative estimate of drug-likeness (QED) is 0.359. The van der Waals surface area contributed by atoms with Crippen LogP contribution in [0.3, 0.4) is 0 Å². The summed E-state index contributed by atoms with van der Waals surface area (Å²) in [5, 5.41) is 2.17. The molecule has 7 nitrogen and oxygen atoms in total. The monoisotopic (exact) mass is 197 g/mol. The number of amides is 3. The summed E-state index contributed by atoms with van der Waals surface area (Å²) in [6.45, 7) is -0.0496. The molecular formula is C7H7N3O4. The van der Waals surface area contributed by atoms with Gasteiger partial charge in [0.15, 0.2) is 0 Å². The van der Waals surface area contributed by atoms with Gasteiger partial charge in [-0.15, -0.1) is 4.91 Å². The van der Waals surface area contributed by atoms with E-state index in [1.54, 1.807) is 5.43 Å². The maximum atomic E-state index is 11.0. The van der Waals surface area contributed by atoms with Gasteiger partial charge in [0, 0.05) is 25.1 Å². The average Bonchev–Trinajstić information content (AvgIpc) is 2.44. The van der Waals surface area contributed by atoms with Gasteiger partial charge in [-0.25, -0.2) is 5.43 Å². The molecule has 0 saturated carbocycles. The highest BCUT2D eigenvalue weighted by Gasteiger charge is 2.23. The molecule has 1 aliphatic rings. The van der Waals surface area contributed by atoms with E-state index < -0.39 is 17.7 Å². The van der Waals surface area contributed by atoms with Gasteiger partial charge in [-0.2, -0.15) is 0 Å². The first-order valence-electron chi connectivity index (χ1n) is 3.80. The minimum Gasteiger partial charge on any atom is -0.275 e. The second kappa shape index (κ2) is 4.26. The van der Waals surface area contributed by atoms with Crippen LogP contribution >= 0.6 is 0 Å². The van der Waals surface area contributed by atoms with Crippen LogP contribution < -0.4 is 5.43 Å². The van der Waals surface area contributed by atoms with Crippen LogP contribution in [0.5, 0.6) is 0 Å². The lowest BCUT2D eigenvalue weighted by Crippen LogP contribution is -2.33. The molecular weight excluding hydrogens is 190 g/mol. The molecule has 3 amide bonds. The van der Waals surface area contributed by atoms with Crippen molar-refractivity contribution in [1.82, 2.24) is 10.3 Å². The third kappa shape index (κ3) is 2.22. The van der Waals surface area contributed by atoms with Crippen molar-refractivity contribution in [3.63, 3.8) is 0 Å². The average molecular weight is 197 g/mol. The van der Waals surface area contributed by atoms with Gasteiger partial charge in [-0.1, -0.05) is 0 Å². The van der Waals surface area contributed by atoms with Crippen LogP contribution in [0.1, 0.15) is 6.42 Å². The number of nitrogens with one attached hydrogen (secondary N) is 1. The summed E-state index contributed by atoms with van der Waals surface area (Å²) in [6.07, 6.45) is 2.11. The Morgan fingerprint density at radius 3 is 2.43 bits per heavy atom. The molecule has 0 fully saturated rings. The van der Waals surface area contributed by atoms with Gasteiger partial charge in [-0.3, -0.25) is 19.3 Å². The van der Waals surface area contributed by atoms with E-state index >= 15 is 0 Å². The number of rotatable bonds is 4. The first-order valence-corrected chi connectivity index (χ1v) is 3.80. The normalized spacial score (nSPS) is 14.7. The number of nitrogens with zero attached hydrogens (tertiary/aromatic N) is 2. The molecule has 0 unspecified atom stereocenters. The van der Waals surface area contributed by atoms with Crippen LogP contribution in [0, 0.1) is 4.91 Å². The van der Waals surface area contributed by atoms with E-state index in [0.717, 1.165) is 17.1 Å². The molecule has 14 heavy (non-hydrogen) atoms. The van der Waals surface area contributed by atoms with Crippen molar-refractivity contribution >= 4 is 17.7 Å². The van der Waals surface area contributed by atoms with E-state index in [2.05, 4.69) is 5.29 Å². The first kappa shape index (κ1) is 10.0. The van der Waals surface area contributed by atoms with Crippen LogP contribution in [-0.4, -0.2) is 29.2 Å². The lowest BCUT2D eigenvalue weighted by Gasteiger charge is -2.11. The van der Waals surface area contributed by atoms with Crippen molar-refractivity contribution in [2.24, 2.45) is 5.29 Å². The predicted molar refractivity (Wildman–Crippen MR) is 44.4 cm³/mol. The lowest BCUT2D eigenvalue weighted by molar-refractivity contribution is -0.137. The van der Waals surface area contributed by atoms with Crippen LogP contribution in [-0.2, 0) is 14.4 Å². The number of nitroso groups, excluding NO2 is 1. The van der Waals surface area contributed by atoms with Crippen molar-refractivity contribution in [1.29, 1.82) is 0 Å². The second-order valence-corrected chi connectivity index (χ2v) is 2.54. The van der Waals surface area contributed by atoms with Crippen molar-refractivity contribution in [2.45, 2.75) is 6.42 Å². The number of hydrogen-bond donors (Lipinski definition) is 1. The summed E-state index contributed by atoms with van der Waals surface area (Å²) in [6, 6.07) is 0. The van der Waals surface area contributed by atoms with Crippen molar-refractivity contribution in [3.05, 3.63) is 17.1 Å². The Labute approximate surface area is 78.7 Å². The van der Waals surface area contributed by atoms with E-state index in [1.165, 1.54) is 0 Å². The second-order valence-electron chi connectivity index (χ2n) is 2.54. The fraction of sp³-hybridized carbons (Fsp3) is 0.286. The highest BCUT2D eigenvalue weighted by molar-refractivity contribution is 6.13. The molecule has 0 spiro atoms. The predicted octanol–water partition coefficient (Wildman–Crippen LogP) is -0.901. The largest absolute Gasteiger partial charge is 0.275 e. The van der Waals surface area contributed by atoms with Crippen molar-refractivity contribution in [2.75, 3.05) is 6.54 Å². The molecule has 0 aromatic carbocycles. The lowest BCUT2D eigenvalue weighted by atomic mass is 10.4. The Bertz CT molecular complexity index is 305. The Balaban J connectivity index is 2.39. The van der Waals surface area contributed by atoms with E-state index in [9.17, 15) is 19.3 Å². The zero-order valence-corrected chi connectivity index (χ0v) is 7.10. The Morgan fingerprint density at radius 2 is 1.93 bits per heavy atom. The third-order valence-electron chi connectivity index (χ3n) is 1.63. The number of imide groups is 1. The third-order valence-corrected chi connectivity index (χ3v) is 1.63. The molecule has 0 bridgehead atoms. The smallest absolute Gasteiger partial charge is 0.253 e.